The Labute approximate surface area is 72.5 Å². The molecule has 4 nitrogen and oxygen atoms in total. The van der Waals surface area contributed by atoms with Gasteiger partial charge in [-0.15, -0.1) is 0 Å². The molecular weight excluding hydrogens is 152 g/mol. The van der Waals surface area contributed by atoms with Gasteiger partial charge in [-0.25, -0.2) is 0 Å². The predicted molar refractivity (Wildman–Crippen MR) is 47.5 cm³/mol. The second-order valence-corrected chi connectivity index (χ2v) is 3.56. The molecule has 0 aliphatic heterocycles. The molecule has 4 heteroatoms. The minimum absolute atomic E-state index is 0.204. The molecule has 68 valence electrons. The highest BCUT2D eigenvalue weighted by atomic mass is 15.3. The molecule has 0 aromatic carbocycles. The number of rotatable bonds is 4. The molecule has 1 heterocycles. The van der Waals surface area contributed by atoms with Crippen molar-refractivity contribution >= 4 is 0 Å². The molecule has 1 rings (SSSR count). The van der Waals surface area contributed by atoms with E-state index in [1.54, 1.807) is 6.20 Å². The maximum absolute atomic E-state index is 5.88. The van der Waals surface area contributed by atoms with E-state index in [4.69, 9.17) is 5.73 Å². The van der Waals surface area contributed by atoms with E-state index in [1.807, 2.05) is 0 Å². The molecule has 0 aliphatic rings. The Bertz CT molecular complexity index is 205. The van der Waals surface area contributed by atoms with Crippen molar-refractivity contribution in [3.63, 3.8) is 0 Å². The first-order chi connectivity index (χ1) is 5.68. The zero-order valence-electron chi connectivity index (χ0n) is 7.62. The van der Waals surface area contributed by atoms with Gasteiger partial charge in [-0.2, -0.15) is 15.4 Å². The molecule has 0 fully saturated rings. The van der Waals surface area contributed by atoms with E-state index >= 15 is 0 Å². The Morgan fingerprint density at radius 3 is 2.83 bits per heavy atom. The second-order valence-electron chi connectivity index (χ2n) is 3.56. The lowest BCUT2D eigenvalue weighted by molar-refractivity contribution is 0.490. The van der Waals surface area contributed by atoms with Crippen LogP contribution in [-0.2, 0) is 6.42 Å². The van der Waals surface area contributed by atoms with Crippen LogP contribution in [0, 0.1) is 5.92 Å². The van der Waals surface area contributed by atoms with Crippen LogP contribution in [-0.4, -0.2) is 21.5 Å². The summed E-state index contributed by atoms with van der Waals surface area (Å²) in [7, 11) is 0. The minimum Gasteiger partial charge on any atom is -0.327 e. The van der Waals surface area contributed by atoms with Gasteiger partial charge >= 0.3 is 0 Å². The molecule has 12 heavy (non-hydrogen) atoms. The maximum atomic E-state index is 5.88. The van der Waals surface area contributed by atoms with Gasteiger partial charge in [0.2, 0.25) is 0 Å². The highest BCUT2D eigenvalue weighted by Gasteiger charge is 2.07. The highest BCUT2D eigenvalue weighted by molar-refractivity contribution is 4.93. The highest BCUT2D eigenvalue weighted by Crippen LogP contribution is 2.06. The standard InChI is InChI=1S/C8H16N4/c1-6(2)3-7(9)4-8-5-10-12-11-8/h5-7H,3-4,9H2,1-2H3,(H,10,11,12). The van der Waals surface area contributed by atoms with Crippen molar-refractivity contribution in [1.82, 2.24) is 15.4 Å². The van der Waals surface area contributed by atoms with Gasteiger partial charge in [-0.3, -0.25) is 0 Å². The van der Waals surface area contributed by atoms with Crippen LogP contribution in [0.25, 0.3) is 0 Å². The SMILES string of the molecule is CC(C)CC(N)Cc1cn[nH]n1. The average Bonchev–Trinajstić information content (AvgIpc) is 2.37. The van der Waals surface area contributed by atoms with E-state index in [1.165, 1.54) is 0 Å². The maximum Gasteiger partial charge on any atom is 0.0840 e. The summed E-state index contributed by atoms with van der Waals surface area (Å²) in [6, 6.07) is 0.204. The van der Waals surface area contributed by atoms with Gasteiger partial charge < -0.3 is 5.73 Å². The summed E-state index contributed by atoms with van der Waals surface area (Å²) >= 11 is 0. The smallest absolute Gasteiger partial charge is 0.0840 e. The topological polar surface area (TPSA) is 67.6 Å². The van der Waals surface area contributed by atoms with E-state index in [0.717, 1.165) is 18.5 Å². The van der Waals surface area contributed by atoms with Crippen molar-refractivity contribution in [2.75, 3.05) is 0 Å². The monoisotopic (exact) mass is 168 g/mol. The molecule has 1 unspecified atom stereocenters. The lowest BCUT2D eigenvalue weighted by Crippen LogP contribution is -2.24. The number of hydrogen-bond donors (Lipinski definition) is 2. The summed E-state index contributed by atoms with van der Waals surface area (Å²) in [5.41, 5.74) is 6.83. The number of nitrogens with zero attached hydrogens (tertiary/aromatic N) is 2. The first-order valence-corrected chi connectivity index (χ1v) is 4.28. The van der Waals surface area contributed by atoms with E-state index in [0.29, 0.717) is 5.92 Å². The van der Waals surface area contributed by atoms with E-state index in [-0.39, 0.29) is 6.04 Å². The third kappa shape index (κ3) is 3.00. The zero-order chi connectivity index (χ0) is 8.97. The number of nitrogens with one attached hydrogen (secondary N) is 1. The fourth-order valence-electron chi connectivity index (χ4n) is 1.28. The molecule has 1 aromatic heterocycles. The largest absolute Gasteiger partial charge is 0.327 e. The zero-order valence-corrected chi connectivity index (χ0v) is 7.62. The molecule has 1 atom stereocenters. The summed E-state index contributed by atoms with van der Waals surface area (Å²) in [5, 5.41) is 10.2. The van der Waals surface area contributed by atoms with Crippen molar-refractivity contribution in [3.05, 3.63) is 11.9 Å². The van der Waals surface area contributed by atoms with Crippen LogP contribution >= 0.6 is 0 Å². The van der Waals surface area contributed by atoms with Gasteiger partial charge in [-0.05, 0) is 12.3 Å². The number of H-pyrrole nitrogens is 1. The molecule has 1 aromatic rings. The third-order valence-corrected chi connectivity index (χ3v) is 1.71. The van der Waals surface area contributed by atoms with Crippen LogP contribution in [0.2, 0.25) is 0 Å². The first-order valence-electron chi connectivity index (χ1n) is 4.28. The molecule has 0 amide bonds. The van der Waals surface area contributed by atoms with Crippen LogP contribution in [0.1, 0.15) is 26.0 Å². The number of nitrogens with two attached hydrogens (primary N) is 1. The van der Waals surface area contributed by atoms with Gasteiger partial charge in [0.1, 0.15) is 0 Å². The third-order valence-electron chi connectivity index (χ3n) is 1.71. The van der Waals surface area contributed by atoms with Crippen LogP contribution < -0.4 is 5.73 Å². The molecule has 0 saturated heterocycles. The van der Waals surface area contributed by atoms with Crippen molar-refractivity contribution in [2.24, 2.45) is 11.7 Å². The van der Waals surface area contributed by atoms with E-state index in [2.05, 4.69) is 29.3 Å². The Balaban J connectivity index is 2.32. The van der Waals surface area contributed by atoms with Gasteiger partial charge in [0.15, 0.2) is 0 Å². The van der Waals surface area contributed by atoms with Crippen molar-refractivity contribution in [3.8, 4) is 0 Å². The lowest BCUT2D eigenvalue weighted by atomic mass is 10.0. The summed E-state index contributed by atoms with van der Waals surface area (Å²) in [5.74, 6) is 0.645. The molecule has 0 bridgehead atoms. The Kier molecular flexibility index (Phi) is 3.22. The van der Waals surface area contributed by atoms with Crippen LogP contribution in [0.4, 0.5) is 0 Å². The average molecular weight is 168 g/mol. The predicted octanol–water partition coefficient (Wildman–Crippen LogP) is 0.721. The Morgan fingerprint density at radius 2 is 2.33 bits per heavy atom. The minimum atomic E-state index is 0.204. The molecule has 0 spiro atoms. The quantitative estimate of drug-likeness (QED) is 0.696. The first kappa shape index (κ1) is 9.19. The molecule has 3 N–H and O–H groups in total. The van der Waals surface area contributed by atoms with Gasteiger partial charge in [0.25, 0.3) is 0 Å². The van der Waals surface area contributed by atoms with Gasteiger partial charge in [0, 0.05) is 12.5 Å². The van der Waals surface area contributed by atoms with Crippen LogP contribution in [0.5, 0.6) is 0 Å². The Hall–Kier alpha value is -0.900. The fraction of sp³-hybridized carbons (Fsp3) is 0.750. The summed E-state index contributed by atoms with van der Waals surface area (Å²) in [6.45, 7) is 4.34. The van der Waals surface area contributed by atoms with Crippen molar-refractivity contribution in [2.45, 2.75) is 32.7 Å². The fourth-order valence-corrected chi connectivity index (χ4v) is 1.28. The Morgan fingerprint density at radius 1 is 1.58 bits per heavy atom. The molecule has 0 aliphatic carbocycles. The molecular formula is C8H16N4. The number of aromatic nitrogens is 3. The van der Waals surface area contributed by atoms with Crippen molar-refractivity contribution < 1.29 is 0 Å². The van der Waals surface area contributed by atoms with Crippen LogP contribution in [0.15, 0.2) is 6.20 Å². The number of aromatic amines is 1. The summed E-state index contributed by atoms with van der Waals surface area (Å²) in [4.78, 5) is 0. The molecule has 0 saturated carbocycles. The number of hydrogen-bond acceptors (Lipinski definition) is 3. The summed E-state index contributed by atoms with van der Waals surface area (Å²) < 4.78 is 0. The second kappa shape index (κ2) is 4.21. The lowest BCUT2D eigenvalue weighted by Gasteiger charge is -2.11. The van der Waals surface area contributed by atoms with E-state index < -0.39 is 0 Å². The van der Waals surface area contributed by atoms with Gasteiger partial charge in [0.05, 0.1) is 11.9 Å². The summed E-state index contributed by atoms with van der Waals surface area (Å²) in [6.07, 6.45) is 3.57. The van der Waals surface area contributed by atoms with Crippen molar-refractivity contribution in [1.29, 1.82) is 0 Å². The van der Waals surface area contributed by atoms with E-state index in [9.17, 15) is 0 Å². The normalized spacial score (nSPS) is 13.7. The van der Waals surface area contributed by atoms with Crippen LogP contribution in [0.3, 0.4) is 0 Å². The molecule has 0 radical (unpaired) electrons. The van der Waals surface area contributed by atoms with Gasteiger partial charge in [-0.1, -0.05) is 13.8 Å².